The molecule has 0 aliphatic heterocycles. The van der Waals surface area contributed by atoms with Crippen LogP contribution in [-0.2, 0) is 0 Å². The molecule has 0 saturated carbocycles. The molecule has 0 saturated heterocycles. The Hall–Kier alpha value is -0.800. The van der Waals surface area contributed by atoms with Crippen LogP contribution < -0.4 is 0 Å². The summed E-state index contributed by atoms with van der Waals surface area (Å²) in [5.74, 6) is 0. The number of benzene rings is 1. The first-order chi connectivity index (χ1) is 6.70. The standard InChI is InChI=1S/C11H16N2S/c1-13(2)8-7-12-9-10-5-3-4-6-11(10)14/h3-6,9,14H,7-8H2,1-2H3. The average molecular weight is 208 g/mol. The van der Waals surface area contributed by atoms with E-state index < -0.39 is 0 Å². The van der Waals surface area contributed by atoms with Crippen molar-refractivity contribution in [2.24, 2.45) is 4.99 Å². The highest BCUT2D eigenvalue weighted by molar-refractivity contribution is 7.80. The summed E-state index contributed by atoms with van der Waals surface area (Å²) in [6, 6.07) is 7.95. The lowest BCUT2D eigenvalue weighted by Crippen LogP contribution is -2.15. The fourth-order valence-corrected chi connectivity index (χ4v) is 1.24. The zero-order chi connectivity index (χ0) is 10.4. The van der Waals surface area contributed by atoms with Crippen LogP contribution >= 0.6 is 12.6 Å². The molecule has 14 heavy (non-hydrogen) atoms. The first-order valence-corrected chi connectivity index (χ1v) is 5.07. The molecule has 0 aliphatic carbocycles. The number of thiol groups is 1. The van der Waals surface area contributed by atoms with Gasteiger partial charge in [-0.1, -0.05) is 18.2 Å². The summed E-state index contributed by atoms with van der Waals surface area (Å²) in [6.45, 7) is 1.81. The number of nitrogens with zero attached hydrogens (tertiary/aromatic N) is 2. The molecule has 0 spiro atoms. The fourth-order valence-electron chi connectivity index (χ4n) is 1.02. The lowest BCUT2D eigenvalue weighted by molar-refractivity contribution is 0.421. The highest BCUT2D eigenvalue weighted by Crippen LogP contribution is 2.09. The molecule has 1 rings (SSSR count). The molecule has 1 aromatic carbocycles. The van der Waals surface area contributed by atoms with Crippen LogP contribution in [0.5, 0.6) is 0 Å². The Balaban J connectivity index is 2.48. The molecule has 0 bridgehead atoms. The van der Waals surface area contributed by atoms with Crippen LogP contribution in [0, 0.1) is 0 Å². The maximum Gasteiger partial charge on any atom is 0.0516 e. The van der Waals surface area contributed by atoms with Gasteiger partial charge in [0.2, 0.25) is 0 Å². The van der Waals surface area contributed by atoms with Gasteiger partial charge in [0.15, 0.2) is 0 Å². The maximum atomic E-state index is 4.34. The van der Waals surface area contributed by atoms with Gasteiger partial charge in [0, 0.05) is 23.2 Å². The molecule has 0 N–H and O–H groups in total. The summed E-state index contributed by atoms with van der Waals surface area (Å²) in [5, 5.41) is 0. The SMILES string of the molecule is CN(C)CCN=Cc1ccccc1S. The van der Waals surface area contributed by atoms with Crippen molar-refractivity contribution in [1.29, 1.82) is 0 Å². The quantitative estimate of drug-likeness (QED) is 0.590. The van der Waals surface area contributed by atoms with Crippen molar-refractivity contribution in [2.45, 2.75) is 4.90 Å². The predicted molar refractivity (Wildman–Crippen MR) is 64.7 cm³/mol. The highest BCUT2D eigenvalue weighted by Gasteiger charge is 1.92. The topological polar surface area (TPSA) is 15.6 Å². The van der Waals surface area contributed by atoms with Crippen LogP contribution in [0.2, 0.25) is 0 Å². The lowest BCUT2D eigenvalue weighted by Gasteiger charge is -2.05. The first kappa shape index (κ1) is 11.3. The lowest BCUT2D eigenvalue weighted by atomic mass is 10.2. The third kappa shape index (κ3) is 3.94. The summed E-state index contributed by atoms with van der Waals surface area (Å²) in [6.07, 6.45) is 1.88. The smallest absolute Gasteiger partial charge is 0.0516 e. The van der Waals surface area contributed by atoms with E-state index in [0.717, 1.165) is 23.5 Å². The summed E-state index contributed by atoms with van der Waals surface area (Å²) < 4.78 is 0. The van der Waals surface area contributed by atoms with Gasteiger partial charge in [-0.3, -0.25) is 4.99 Å². The number of likely N-dealkylation sites (N-methyl/N-ethyl adjacent to an activating group) is 1. The third-order valence-corrected chi connectivity index (χ3v) is 2.25. The summed E-state index contributed by atoms with van der Waals surface area (Å²) in [4.78, 5) is 7.42. The number of hydrogen-bond donors (Lipinski definition) is 1. The molecule has 1 aromatic rings. The minimum atomic E-state index is 0.828. The molecular weight excluding hydrogens is 192 g/mol. The van der Waals surface area contributed by atoms with E-state index in [0.29, 0.717) is 0 Å². The van der Waals surface area contributed by atoms with Crippen LogP contribution in [0.4, 0.5) is 0 Å². The molecule has 0 radical (unpaired) electrons. The van der Waals surface area contributed by atoms with Gasteiger partial charge >= 0.3 is 0 Å². The number of hydrogen-bond acceptors (Lipinski definition) is 3. The van der Waals surface area contributed by atoms with Crippen molar-refractivity contribution in [3.05, 3.63) is 29.8 Å². The van der Waals surface area contributed by atoms with Crippen molar-refractivity contribution in [3.63, 3.8) is 0 Å². The van der Waals surface area contributed by atoms with Crippen LogP contribution in [0.3, 0.4) is 0 Å². The first-order valence-electron chi connectivity index (χ1n) is 4.62. The Morgan fingerprint density at radius 1 is 1.36 bits per heavy atom. The van der Waals surface area contributed by atoms with Crippen molar-refractivity contribution < 1.29 is 0 Å². The minimum Gasteiger partial charge on any atom is -0.308 e. The molecule has 0 amide bonds. The third-order valence-electron chi connectivity index (χ3n) is 1.84. The Labute approximate surface area is 91.1 Å². The van der Waals surface area contributed by atoms with E-state index in [1.54, 1.807) is 0 Å². The Morgan fingerprint density at radius 3 is 2.71 bits per heavy atom. The van der Waals surface area contributed by atoms with Gasteiger partial charge in [0.25, 0.3) is 0 Å². The summed E-state index contributed by atoms with van der Waals surface area (Å²) in [5.41, 5.74) is 1.08. The molecule has 0 aliphatic rings. The molecule has 0 aromatic heterocycles. The van der Waals surface area contributed by atoms with Gasteiger partial charge in [0.05, 0.1) is 6.54 Å². The summed E-state index contributed by atoms with van der Waals surface area (Å²) in [7, 11) is 4.09. The fraction of sp³-hybridized carbons (Fsp3) is 0.364. The second-order valence-corrected chi connectivity index (χ2v) is 3.88. The zero-order valence-corrected chi connectivity index (χ0v) is 9.54. The van der Waals surface area contributed by atoms with Crippen molar-refractivity contribution >= 4 is 18.8 Å². The van der Waals surface area contributed by atoms with Crippen molar-refractivity contribution in [2.75, 3.05) is 27.2 Å². The highest BCUT2D eigenvalue weighted by atomic mass is 32.1. The maximum absolute atomic E-state index is 4.34. The minimum absolute atomic E-state index is 0.828. The van der Waals surface area contributed by atoms with Crippen LogP contribution in [0.1, 0.15) is 5.56 Å². The molecular formula is C11H16N2S. The number of aliphatic imine (C=N–C) groups is 1. The average Bonchev–Trinajstić information content (AvgIpc) is 2.15. The van der Waals surface area contributed by atoms with Gasteiger partial charge in [-0.25, -0.2) is 0 Å². The van der Waals surface area contributed by atoms with E-state index in [1.165, 1.54) is 0 Å². The number of rotatable bonds is 4. The second-order valence-electron chi connectivity index (χ2n) is 3.40. The molecule has 3 heteroatoms. The van der Waals surface area contributed by atoms with E-state index >= 15 is 0 Å². The molecule has 0 fully saturated rings. The summed E-state index contributed by atoms with van der Waals surface area (Å²) >= 11 is 4.34. The normalized spacial score (nSPS) is 11.4. The van der Waals surface area contributed by atoms with E-state index in [4.69, 9.17) is 0 Å². The van der Waals surface area contributed by atoms with Crippen molar-refractivity contribution in [3.8, 4) is 0 Å². The van der Waals surface area contributed by atoms with E-state index in [9.17, 15) is 0 Å². The molecule has 0 atom stereocenters. The molecule has 0 unspecified atom stereocenters. The van der Waals surface area contributed by atoms with Crippen LogP contribution in [-0.4, -0.2) is 38.3 Å². The van der Waals surface area contributed by atoms with Gasteiger partial charge in [0.1, 0.15) is 0 Å². The van der Waals surface area contributed by atoms with E-state index in [2.05, 4.69) is 22.5 Å². The van der Waals surface area contributed by atoms with Gasteiger partial charge in [-0.15, -0.1) is 12.6 Å². The monoisotopic (exact) mass is 208 g/mol. The van der Waals surface area contributed by atoms with Crippen LogP contribution in [0.25, 0.3) is 0 Å². The van der Waals surface area contributed by atoms with Gasteiger partial charge < -0.3 is 4.90 Å². The van der Waals surface area contributed by atoms with Gasteiger partial charge in [-0.05, 0) is 20.2 Å². The second kappa shape index (κ2) is 5.83. The Morgan fingerprint density at radius 2 is 2.07 bits per heavy atom. The molecule has 0 heterocycles. The zero-order valence-electron chi connectivity index (χ0n) is 8.64. The predicted octanol–water partition coefficient (Wildman–Crippen LogP) is 1.96. The van der Waals surface area contributed by atoms with E-state index in [-0.39, 0.29) is 0 Å². The van der Waals surface area contributed by atoms with Crippen molar-refractivity contribution in [1.82, 2.24) is 4.90 Å². The largest absolute Gasteiger partial charge is 0.308 e. The molecule has 2 nitrogen and oxygen atoms in total. The Bertz CT molecular complexity index is 308. The Kier molecular flexibility index (Phi) is 4.70. The van der Waals surface area contributed by atoms with Crippen LogP contribution in [0.15, 0.2) is 34.2 Å². The van der Waals surface area contributed by atoms with Gasteiger partial charge in [-0.2, -0.15) is 0 Å². The van der Waals surface area contributed by atoms with E-state index in [1.807, 2.05) is 44.6 Å². The molecule has 76 valence electrons.